The Morgan fingerprint density at radius 2 is 0.796 bits per heavy atom. The number of carboxylic acid groups (broad SMARTS) is 3. The average molecular weight is 1720 g/mol. The van der Waals surface area contributed by atoms with Crippen molar-refractivity contribution in [2.45, 2.75) is 145 Å². The number of halogens is 12. The number of nitrogens with zero attached hydrogens (tertiary/aromatic N) is 9. The lowest BCUT2D eigenvalue weighted by Crippen LogP contribution is -2.51. The summed E-state index contributed by atoms with van der Waals surface area (Å²) in [5, 5.41) is 44.2. The first-order valence-corrected chi connectivity index (χ1v) is 39.6. The summed E-state index contributed by atoms with van der Waals surface area (Å²) < 4.78 is 130. The molecule has 3 saturated heterocycles. The number of aliphatic carboxylic acids is 3. The van der Waals surface area contributed by atoms with Gasteiger partial charge < -0.3 is 45.5 Å². The smallest absolute Gasteiger partial charge is 0.338 e. The Bertz CT molecular complexity index is 4470. The minimum Gasteiger partial charge on any atom is -0.481 e. The first-order valence-electron chi connectivity index (χ1n) is 35.4. The topological polar surface area (TPSA) is 312 Å². The molecule has 9 heterocycles. The van der Waals surface area contributed by atoms with Crippen molar-refractivity contribution in [3.8, 4) is 0 Å². The van der Waals surface area contributed by atoms with E-state index in [2.05, 4.69) is 40.9 Å². The molecule has 6 atom stereocenters. The molecule has 113 heavy (non-hydrogen) atoms. The lowest BCUT2D eigenvalue weighted by Gasteiger charge is -2.41. The second-order valence-electron chi connectivity index (χ2n) is 26.8. The van der Waals surface area contributed by atoms with E-state index in [4.69, 9.17) is 75.8 Å². The Morgan fingerprint density at radius 3 is 1.07 bits per heavy atom. The van der Waals surface area contributed by atoms with Crippen LogP contribution in [0.1, 0.15) is 141 Å². The van der Waals surface area contributed by atoms with Gasteiger partial charge in [-0.2, -0.15) is 0 Å². The summed E-state index contributed by atoms with van der Waals surface area (Å²) >= 11 is 29.2. The van der Waals surface area contributed by atoms with Crippen molar-refractivity contribution in [3.63, 3.8) is 0 Å². The van der Waals surface area contributed by atoms with E-state index in [9.17, 15) is 69.0 Å². The molecule has 0 radical (unpaired) electrons. The van der Waals surface area contributed by atoms with Crippen LogP contribution in [-0.4, -0.2) is 194 Å². The van der Waals surface area contributed by atoms with Crippen molar-refractivity contribution < 1.29 is 93.4 Å². The maximum absolute atomic E-state index is 14.5. The van der Waals surface area contributed by atoms with E-state index in [1.54, 1.807) is 60.7 Å². The standard InChI is InChI=1S/C25H26Cl2F2N4O4S.C25H26ClF3N4O4S.C24H24ClF3N4O4S/c1-2-37-24(36)20-18(12-33-13-25(28,29)8-7-15(33)4-6-19(34)35)31-22(23-30-9-10-38-23)32-21(20)16-5-3-14(26)11-17(16)27;1-2-37-24(36)20-18(12-33-13-25(28,29)8-7-15(33)4-6-19(34)35)31-22(23-30-9-10-38-23)32-21(20)16-5-3-14(27)11-17(16)26;1-36-23(35)19-17(11-32-12-24(27,28)7-6-14(32)3-5-18(33)34)30-21(22-29-8-9-37-22)31-20(19)15-4-2-13(26)10-16(15)25/h2*3,5,9-11,15,21H,2,4,6-8,12-13H2,1H3,(H,31,32)(H,34,35);2,4,8-10,14,20H,3,5-7,11-12H2,1H3,(H,30,31)(H,33,34)/t2*15-,21+;14-,20+/m111/s1. The summed E-state index contributed by atoms with van der Waals surface area (Å²) in [6, 6.07) is 7.93. The number of rotatable bonds is 26. The molecule has 6 aliphatic rings. The van der Waals surface area contributed by atoms with Crippen LogP contribution in [0, 0.1) is 11.6 Å². The van der Waals surface area contributed by atoms with Crippen molar-refractivity contribution in [1.82, 2.24) is 45.6 Å². The quantitative estimate of drug-likeness (QED) is 0.0167. The first-order chi connectivity index (χ1) is 53.7. The number of aromatic nitrogens is 3. The monoisotopic (exact) mass is 1710 g/mol. The maximum atomic E-state index is 14.5. The van der Waals surface area contributed by atoms with E-state index in [1.165, 1.54) is 86.2 Å². The van der Waals surface area contributed by atoms with E-state index in [-0.39, 0.29) is 159 Å². The molecule has 0 aliphatic carbocycles. The molecular formula is C74H76Cl4F8N12O12S3. The third-order valence-corrected chi connectivity index (χ3v) is 22.5. The number of nitrogens with one attached hydrogen (secondary N) is 3. The Hall–Kier alpha value is -8.52. The predicted molar refractivity (Wildman–Crippen MR) is 408 cm³/mol. The van der Waals surface area contributed by atoms with Gasteiger partial charge in [0, 0.05) is 165 Å². The van der Waals surface area contributed by atoms with Gasteiger partial charge in [-0.3, -0.25) is 44.1 Å². The van der Waals surface area contributed by atoms with Gasteiger partial charge in [0.25, 0.3) is 17.8 Å². The van der Waals surface area contributed by atoms with Crippen LogP contribution in [-0.2, 0) is 43.0 Å². The number of hydrogen-bond donors (Lipinski definition) is 6. The van der Waals surface area contributed by atoms with Gasteiger partial charge in [-0.05, 0) is 88.8 Å². The second kappa shape index (κ2) is 38.7. The molecule has 0 amide bonds. The first kappa shape index (κ1) is 86.9. The van der Waals surface area contributed by atoms with Crippen LogP contribution in [0.4, 0.5) is 35.1 Å². The van der Waals surface area contributed by atoms with E-state index in [0.717, 1.165) is 12.1 Å². The third kappa shape index (κ3) is 23.0. The van der Waals surface area contributed by atoms with Crippen molar-refractivity contribution in [2.75, 3.05) is 59.6 Å². The molecule has 6 N–H and O–H groups in total. The number of likely N-dealkylation sites (tertiary alicyclic amines) is 3. The Morgan fingerprint density at radius 1 is 0.487 bits per heavy atom. The normalized spacial score (nSPS) is 21.6. The minimum absolute atomic E-state index is 0.0266. The fourth-order valence-corrected chi connectivity index (χ4v) is 16.6. The van der Waals surface area contributed by atoms with E-state index in [0.29, 0.717) is 54.1 Å². The lowest BCUT2D eigenvalue weighted by atomic mass is 9.92. The van der Waals surface area contributed by atoms with Crippen molar-refractivity contribution in [1.29, 1.82) is 0 Å². The van der Waals surface area contributed by atoms with Crippen LogP contribution in [0.25, 0.3) is 0 Å². The Kier molecular flexibility index (Phi) is 29.8. The van der Waals surface area contributed by atoms with Gasteiger partial charge in [-0.25, -0.2) is 64.5 Å². The number of carboxylic acids is 3. The predicted octanol–water partition coefficient (Wildman–Crippen LogP) is 14.5. The molecule has 0 unspecified atom stereocenters. The molecule has 3 aromatic carbocycles. The highest BCUT2D eigenvalue weighted by atomic mass is 35.5. The molecule has 12 rings (SSSR count). The number of esters is 3. The zero-order valence-corrected chi connectivity index (χ0v) is 66.0. The highest BCUT2D eigenvalue weighted by Crippen LogP contribution is 2.44. The minimum atomic E-state index is -2.98. The zero-order chi connectivity index (χ0) is 81.6. The molecule has 3 fully saturated rings. The Balaban J connectivity index is 0.000000180. The fourth-order valence-electron chi connectivity index (χ4n) is 13.8. The number of carbonyl (C=O) groups is 6. The summed E-state index contributed by atoms with van der Waals surface area (Å²) in [6.45, 7) is 1.29. The van der Waals surface area contributed by atoms with Crippen LogP contribution in [0.2, 0.25) is 20.1 Å². The molecule has 6 aliphatic heterocycles. The van der Waals surface area contributed by atoms with Gasteiger partial charge in [-0.1, -0.05) is 64.6 Å². The number of carbonyl (C=O) groups excluding carboxylic acids is 3. The van der Waals surface area contributed by atoms with Gasteiger partial charge in [0.1, 0.15) is 29.8 Å². The number of amidine groups is 3. The number of hydrogen-bond acceptors (Lipinski definition) is 24. The van der Waals surface area contributed by atoms with Gasteiger partial charge in [-0.15, -0.1) is 34.0 Å². The molecule has 0 bridgehead atoms. The fraction of sp³-hybridized carbons (Fsp3) is 0.432. The zero-order valence-electron chi connectivity index (χ0n) is 60.6. The van der Waals surface area contributed by atoms with Crippen molar-refractivity contribution in [2.24, 2.45) is 15.0 Å². The molecule has 0 saturated carbocycles. The van der Waals surface area contributed by atoms with Crippen LogP contribution >= 0.6 is 80.4 Å². The molecule has 39 heteroatoms. The van der Waals surface area contributed by atoms with Gasteiger partial charge in [0.05, 0.1) is 56.7 Å². The van der Waals surface area contributed by atoms with Crippen molar-refractivity contribution >= 4 is 134 Å². The highest BCUT2D eigenvalue weighted by molar-refractivity contribution is 7.12. The molecule has 6 aromatic rings. The van der Waals surface area contributed by atoms with Crippen LogP contribution in [0.3, 0.4) is 0 Å². The number of thiazole rings is 3. The van der Waals surface area contributed by atoms with Crippen LogP contribution < -0.4 is 16.0 Å². The number of methoxy groups -OCH3 is 1. The average Bonchev–Trinajstić information content (AvgIpc) is 1.30. The number of piperidine rings is 3. The van der Waals surface area contributed by atoms with E-state index in [1.807, 2.05) is 0 Å². The largest absolute Gasteiger partial charge is 0.481 e. The van der Waals surface area contributed by atoms with Gasteiger partial charge in [0.15, 0.2) is 32.5 Å². The van der Waals surface area contributed by atoms with E-state index >= 15 is 0 Å². The number of ether oxygens (including phenoxy) is 3. The SMILES string of the molecule is CCOC(=O)C1=C(CN2CC(F)(F)CC[C@H]2CCC(=O)O)NC(c2nccs2)=N[C@H]1c1ccc(Cl)cc1Cl.CCOC(=O)C1=C(CN2CC(F)(F)CC[C@H]2CCC(=O)O)NC(c2nccs2)=N[C@H]1c1ccc(F)cc1Cl.COC(=O)C1=C(CN2CC(F)(F)CC[C@H]2CCC(=O)O)NC(c2nccs2)=N[C@H]1c1ccc(F)cc1Cl. The summed E-state index contributed by atoms with van der Waals surface area (Å²) in [5.41, 5.74) is 2.16. The summed E-state index contributed by atoms with van der Waals surface area (Å²) in [7, 11) is 1.18. The molecular weight excluding hydrogens is 1640 g/mol. The third-order valence-electron chi connectivity index (χ3n) is 19.0. The molecule has 0 spiro atoms. The summed E-state index contributed by atoms with van der Waals surface area (Å²) in [6.07, 6.45) is 4.06. The van der Waals surface area contributed by atoms with E-state index < -0.39 is 121 Å². The number of aliphatic imine (C=N–C) groups is 3. The molecule has 24 nitrogen and oxygen atoms in total. The number of benzene rings is 3. The Labute approximate surface area is 674 Å². The highest BCUT2D eigenvalue weighted by Gasteiger charge is 2.46. The molecule has 3 aromatic heterocycles. The van der Waals surface area contributed by atoms with Gasteiger partial charge >= 0.3 is 35.8 Å². The molecule has 606 valence electrons. The summed E-state index contributed by atoms with van der Waals surface area (Å²) in [4.78, 5) is 105. The maximum Gasteiger partial charge on any atom is 0.338 e. The lowest BCUT2D eigenvalue weighted by molar-refractivity contribution is -0.140. The van der Waals surface area contributed by atoms with Crippen molar-refractivity contribution in [3.05, 3.63) is 187 Å². The second-order valence-corrected chi connectivity index (χ2v) is 31.1. The van der Waals surface area contributed by atoms with Crippen LogP contribution in [0.5, 0.6) is 0 Å². The number of alkyl halides is 6. The van der Waals surface area contributed by atoms with Crippen LogP contribution in [0.15, 0.2) is 138 Å². The van der Waals surface area contributed by atoms with Gasteiger partial charge in [0.2, 0.25) is 0 Å². The summed E-state index contributed by atoms with van der Waals surface area (Å²) in [5.74, 6) is -14.3.